The number of halogens is 1. The Kier molecular flexibility index (Phi) is 4.86. The van der Waals surface area contributed by atoms with E-state index in [0.717, 1.165) is 16.8 Å². The highest BCUT2D eigenvalue weighted by Crippen LogP contribution is 2.18. The summed E-state index contributed by atoms with van der Waals surface area (Å²) in [6.07, 6.45) is 4.22. The summed E-state index contributed by atoms with van der Waals surface area (Å²) < 4.78 is 8.97. The van der Waals surface area contributed by atoms with Crippen LogP contribution in [0.25, 0.3) is 11.1 Å². The van der Waals surface area contributed by atoms with E-state index in [-0.39, 0.29) is 0 Å². The molecule has 3 aromatic rings. The van der Waals surface area contributed by atoms with Crippen LogP contribution in [0.3, 0.4) is 0 Å². The van der Waals surface area contributed by atoms with E-state index in [2.05, 4.69) is 69.3 Å². The predicted octanol–water partition coefficient (Wildman–Crippen LogP) is 4.48. The first-order valence-corrected chi connectivity index (χ1v) is 8.03. The van der Waals surface area contributed by atoms with E-state index in [1.165, 1.54) is 11.1 Å². The summed E-state index contributed by atoms with van der Waals surface area (Å²) in [7, 11) is 0. The molecule has 0 aliphatic carbocycles. The number of ether oxygens (including phenoxy) is 1. The first kappa shape index (κ1) is 14.8. The maximum absolute atomic E-state index is 5.79. The second kappa shape index (κ2) is 7.23. The quantitative estimate of drug-likeness (QED) is 0.615. The van der Waals surface area contributed by atoms with Gasteiger partial charge in [0.2, 0.25) is 0 Å². The zero-order chi connectivity index (χ0) is 15.2. The van der Waals surface area contributed by atoms with Gasteiger partial charge in [-0.05, 0) is 29.8 Å². The van der Waals surface area contributed by atoms with E-state index in [9.17, 15) is 0 Å². The molecule has 3 rings (SSSR count). The van der Waals surface area contributed by atoms with Crippen molar-refractivity contribution < 1.29 is 9.30 Å². The molecule has 0 unspecified atom stereocenters. The van der Waals surface area contributed by atoms with Crippen LogP contribution in [-0.2, 0) is 6.54 Å². The van der Waals surface area contributed by atoms with Crippen LogP contribution >= 0.6 is 15.9 Å². The summed E-state index contributed by atoms with van der Waals surface area (Å²) in [4.78, 5) is 0. The van der Waals surface area contributed by atoms with Gasteiger partial charge in [-0.2, -0.15) is 0 Å². The monoisotopic (exact) mass is 354 g/mol. The van der Waals surface area contributed by atoms with E-state index in [4.69, 9.17) is 4.74 Å². The largest absolute Gasteiger partial charge is 0.487 e. The number of nitrogens with zero attached hydrogens (tertiary/aromatic N) is 1. The van der Waals surface area contributed by atoms with Crippen LogP contribution in [0.2, 0.25) is 0 Å². The fourth-order valence-corrected chi connectivity index (χ4v) is 2.67. The molecule has 0 N–H and O–H groups in total. The van der Waals surface area contributed by atoms with Crippen molar-refractivity contribution in [1.82, 2.24) is 0 Å². The molecule has 1 aromatic heterocycles. The molecule has 0 fully saturated rings. The van der Waals surface area contributed by atoms with E-state index < -0.39 is 0 Å². The molecule has 0 amide bonds. The third-order valence-electron chi connectivity index (χ3n) is 3.38. The van der Waals surface area contributed by atoms with Crippen molar-refractivity contribution in [2.75, 3.05) is 6.61 Å². The molecule has 0 aliphatic heterocycles. The van der Waals surface area contributed by atoms with E-state index in [1.807, 2.05) is 30.3 Å². The van der Waals surface area contributed by atoms with Crippen LogP contribution in [0.5, 0.6) is 5.75 Å². The minimum Gasteiger partial charge on any atom is -0.487 e. The Balaban J connectivity index is 1.64. The molecule has 0 atom stereocenters. The van der Waals surface area contributed by atoms with Gasteiger partial charge in [-0.1, -0.05) is 52.3 Å². The minimum atomic E-state index is 0.638. The van der Waals surface area contributed by atoms with E-state index >= 15 is 0 Å². The standard InChI is InChI=1S/C19H17BrNO/c20-18-9-4-10-19(14-18)22-13-12-21-11-5-8-17(15-21)16-6-2-1-3-7-16/h1-11,14-15H,12-13H2/q+1. The second-order valence-corrected chi connectivity index (χ2v) is 5.92. The van der Waals surface area contributed by atoms with Crippen molar-refractivity contribution in [2.45, 2.75) is 6.54 Å². The lowest BCUT2D eigenvalue weighted by Gasteiger charge is -2.05. The Morgan fingerprint density at radius 2 is 1.68 bits per heavy atom. The highest BCUT2D eigenvalue weighted by Gasteiger charge is 2.05. The molecule has 3 heteroatoms. The molecule has 0 spiro atoms. The highest BCUT2D eigenvalue weighted by atomic mass is 79.9. The average molecular weight is 355 g/mol. The molecule has 0 radical (unpaired) electrons. The van der Waals surface area contributed by atoms with Gasteiger partial charge in [-0.25, -0.2) is 4.57 Å². The molecule has 0 aliphatic rings. The summed E-state index contributed by atoms with van der Waals surface area (Å²) >= 11 is 3.45. The number of aromatic nitrogens is 1. The molecule has 110 valence electrons. The van der Waals surface area contributed by atoms with Crippen molar-refractivity contribution in [1.29, 1.82) is 0 Å². The van der Waals surface area contributed by atoms with Crippen LogP contribution in [0.4, 0.5) is 0 Å². The summed E-state index contributed by atoms with van der Waals surface area (Å²) in [5.74, 6) is 0.884. The summed E-state index contributed by atoms with van der Waals surface area (Å²) in [5, 5.41) is 0. The number of pyridine rings is 1. The predicted molar refractivity (Wildman–Crippen MR) is 91.7 cm³/mol. The normalized spacial score (nSPS) is 10.4. The lowest BCUT2D eigenvalue weighted by molar-refractivity contribution is -0.697. The maximum Gasteiger partial charge on any atom is 0.182 e. The maximum atomic E-state index is 5.79. The van der Waals surface area contributed by atoms with Gasteiger partial charge in [0, 0.05) is 16.1 Å². The zero-order valence-corrected chi connectivity index (χ0v) is 13.7. The first-order valence-electron chi connectivity index (χ1n) is 7.24. The number of rotatable bonds is 5. The molecule has 2 aromatic carbocycles. The van der Waals surface area contributed by atoms with Crippen LogP contribution in [0.1, 0.15) is 0 Å². The Hall–Kier alpha value is -2.13. The molecule has 2 nitrogen and oxygen atoms in total. The third-order valence-corrected chi connectivity index (χ3v) is 3.87. The third kappa shape index (κ3) is 3.95. The van der Waals surface area contributed by atoms with Gasteiger partial charge in [0.05, 0.1) is 0 Å². The Morgan fingerprint density at radius 3 is 2.50 bits per heavy atom. The average Bonchev–Trinajstić information content (AvgIpc) is 2.56. The van der Waals surface area contributed by atoms with Crippen LogP contribution in [-0.4, -0.2) is 6.61 Å². The summed E-state index contributed by atoms with van der Waals surface area (Å²) in [6, 6.07) is 22.5. The second-order valence-electron chi connectivity index (χ2n) is 5.00. The van der Waals surface area contributed by atoms with Crippen LogP contribution < -0.4 is 9.30 Å². The van der Waals surface area contributed by atoms with Gasteiger partial charge in [0.25, 0.3) is 0 Å². The SMILES string of the molecule is Brc1cccc(OCC[n+]2cccc(-c3ccccc3)c2)c1. The van der Waals surface area contributed by atoms with Crippen molar-refractivity contribution in [2.24, 2.45) is 0 Å². The smallest absolute Gasteiger partial charge is 0.182 e. The number of hydrogen-bond donors (Lipinski definition) is 0. The van der Waals surface area contributed by atoms with Gasteiger partial charge in [-0.15, -0.1) is 0 Å². The molecular formula is C19H17BrNO+. The topological polar surface area (TPSA) is 13.1 Å². The minimum absolute atomic E-state index is 0.638. The van der Waals surface area contributed by atoms with Crippen LogP contribution in [0.15, 0.2) is 83.6 Å². The van der Waals surface area contributed by atoms with Gasteiger partial charge >= 0.3 is 0 Å². The fourth-order valence-electron chi connectivity index (χ4n) is 2.29. The van der Waals surface area contributed by atoms with E-state index in [0.29, 0.717) is 6.61 Å². The van der Waals surface area contributed by atoms with Crippen LogP contribution in [0, 0.1) is 0 Å². The Labute approximate surface area is 139 Å². The van der Waals surface area contributed by atoms with Crippen molar-refractivity contribution in [3.05, 3.63) is 83.6 Å². The molecule has 0 bridgehead atoms. The fraction of sp³-hybridized carbons (Fsp3) is 0.105. The lowest BCUT2D eigenvalue weighted by Crippen LogP contribution is -2.35. The first-order chi connectivity index (χ1) is 10.8. The Morgan fingerprint density at radius 1 is 0.864 bits per heavy atom. The van der Waals surface area contributed by atoms with Gasteiger partial charge < -0.3 is 4.74 Å². The lowest BCUT2D eigenvalue weighted by atomic mass is 10.1. The van der Waals surface area contributed by atoms with Crippen molar-refractivity contribution in [3.63, 3.8) is 0 Å². The molecular weight excluding hydrogens is 338 g/mol. The zero-order valence-electron chi connectivity index (χ0n) is 12.2. The molecule has 0 saturated carbocycles. The number of benzene rings is 2. The van der Waals surface area contributed by atoms with E-state index in [1.54, 1.807) is 0 Å². The van der Waals surface area contributed by atoms with Gasteiger partial charge in [0.15, 0.2) is 18.9 Å². The Bertz CT molecular complexity index is 743. The summed E-state index contributed by atoms with van der Waals surface area (Å²) in [5.41, 5.74) is 2.44. The van der Waals surface area contributed by atoms with Crippen molar-refractivity contribution >= 4 is 15.9 Å². The highest BCUT2D eigenvalue weighted by molar-refractivity contribution is 9.10. The van der Waals surface area contributed by atoms with Gasteiger partial charge in [-0.3, -0.25) is 0 Å². The van der Waals surface area contributed by atoms with Crippen molar-refractivity contribution in [3.8, 4) is 16.9 Å². The molecule has 1 heterocycles. The van der Waals surface area contributed by atoms with Gasteiger partial charge in [0.1, 0.15) is 12.4 Å². The summed E-state index contributed by atoms with van der Waals surface area (Å²) in [6.45, 7) is 1.45. The molecule has 22 heavy (non-hydrogen) atoms. The molecule has 0 saturated heterocycles. The number of hydrogen-bond acceptors (Lipinski definition) is 1.